The molecule has 3 rings (SSSR count). The summed E-state index contributed by atoms with van der Waals surface area (Å²) in [5.74, 6) is 0.810. The molecule has 0 aromatic heterocycles. The minimum atomic E-state index is -0.109. The van der Waals surface area contributed by atoms with Crippen molar-refractivity contribution in [2.75, 3.05) is 18.4 Å². The van der Waals surface area contributed by atoms with Gasteiger partial charge in [0.05, 0.1) is 0 Å². The van der Waals surface area contributed by atoms with Crippen LogP contribution in [-0.4, -0.2) is 30.1 Å². The molecule has 1 fully saturated rings. The van der Waals surface area contributed by atoms with Crippen LogP contribution in [-0.2, 0) is 6.54 Å². The van der Waals surface area contributed by atoms with Gasteiger partial charge >= 0.3 is 6.03 Å². The van der Waals surface area contributed by atoms with Gasteiger partial charge in [-0.25, -0.2) is 4.79 Å². The lowest BCUT2D eigenvalue weighted by Crippen LogP contribution is -2.55. The van der Waals surface area contributed by atoms with Gasteiger partial charge in [-0.1, -0.05) is 61.9 Å². The molecular weight excluding hydrogens is 334 g/mol. The number of nitrogens with one attached hydrogen (secondary N) is 2. The second-order valence-corrected chi connectivity index (χ2v) is 8.08. The average Bonchev–Trinajstić information content (AvgIpc) is 2.61. The van der Waals surface area contributed by atoms with Gasteiger partial charge in [-0.05, 0) is 42.9 Å². The van der Waals surface area contributed by atoms with Crippen LogP contribution in [0.3, 0.4) is 0 Å². The molecule has 0 saturated carbocycles. The Hall–Kier alpha value is -2.33. The maximum atomic E-state index is 12.5. The standard InChI is InChI=1S/C23H31N3O/c1-16-10-11-21(17(2)12-16)24-23(27)25-22-18(3)13-26(14-19(22)4)15-20-8-6-5-7-9-20/h5-12,18-19,22H,13-15H2,1-4H3,(H2,24,25,27)/t18-,19-/m0/s1. The highest BCUT2D eigenvalue weighted by molar-refractivity contribution is 5.90. The van der Waals surface area contributed by atoms with Gasteiger partial charge in [-0.2, -0.15) is 0 Å². The monoisotopic (exact) mass is 365 g/mol. The third-order valence-corrected chi connectivity index (χ3v) is 5.50. The molecule has 2 N–H and O–H groups in total. The first kappa shape index (κ1) is 19.4. The van der Waals surface area contributed by atoms with Crippen LogP contribution in [0.25, 0.3) is 0 Å². The molecule has 0 radical (unpaired) electrons. The van der Waals surface area contributed by atoms with Crippen molar-refractivity contribution in [1.82, 2.24) is 10.2 Å². The zero-order valence-electron chi connectivity index (χ0n) is 16.8. The average molecular weight is 366 g/mol. The summed E-state index contributed by atoms with van der Waals surface area (Å²) in [6.07, 6.45) is 0. The van der Waals surface area contributed by atoms with Crippen molar-refractivity contribution in [3.8, 4) is 0 Å². The predicted molar refractivity (Wildman–Crippen MR) is 112 cm³/mol. The molecule has 1 aliphatic heterocycles. The van der Waals surface area contributed by atoms with Crippen LogP contribution in [0.15, 0.2) is 48.5 Å². The van der Waals surface area contributed by atoms with E-state index in [2.05, 4.69) is 72.7 Å². The van der Waals surface area contributed by atoms with Crippen molar-refractivity contribution >= 4 is 11.7 Å². The van der Waals surface area contributed by atoms with Gasteiger partial charge in [0.1, 0.15) is 0 Å². The van der Waals surface area contributed by atoms with E-state index in [1.165, 1.54) is 11.1 Å². The Morgan fingerprint density at radius 2 is 1.70 bits per heavy atom. The van der Waals surface area contributed by atoms with E-state index in [-0.39, 0.29) is 12.1 Å². The zero-order valence-corrected chi connectivity index (χ0v) is 16.8. The second kappa shape index (κ2) is 8.57. The topological polar surface area (TPSA) is 44.4 Å². The van der Waals surface area contributed by atoms with E-state index < -0.39 is 0 Å². The first-order chi connectivity index (χ1) is 12.9. The second-order valence-electron chi connectivity index (χ2n) is 8.08. The number of benzene rings is 2. The van der Waals surface area contributed by atoms with Crippen LogP contribution in [0.1, 0.15) is 30.5 Å². The van der Waals surface area contributed by atoms with E-state index in [0.29, 0.717) is 11.8 Å². The normalized spacial score (nSPS) is 21.0. The van der Waals surface area contributed by atoms with Gasteiger partial charge in [-0.3, -0.25) is 4.90 Å². The first-order valence-corrected chi connectivity index (χ1v) is 9.83. The minimum Gasteiger partial charge on any atom is -0.335 e. The summed E-state index contributed by atoms with van der Waals surface area (Å²) in [4.78, 5) is 15.0. The number of rotatable bonds is 4. The number of urea groups is 1. The Bertz CT molecular complexity index is 762. The molecule has 144 valence electrons. The van der Waals surface area contributed by atoms with Crippen molar-refractivity contribution < 1.29 is 4.79 Å². The van der Waals surface area contributed by atoms with E-state index in [1.54, 1.807) is 0 Å². The van der Waals surface area contributed by atoms with E-state index in [0.717, 1.165) is 30.9 Å². The van der Waals surface area contributed by atoms with Crippen LogP contribution in [0, 0.1) is 25.7 Å². The number of carbonyl (C=O) groups is 1. The molecule has 27 heavy (non-hydrogen) atoms. The SMILES string of the molecule is Cc1ccc(NC(=O)NC2[C@@H](C)CN(Cc3ccccc3)C[C@@H]2C)c(C)c1. The number of amides is 2. The molecule has 4 heteroatoms. The summed E-state index contributed by atoms with van der Waals surface area (Å²) < 4.78 is 0. The van der Waals surface area contributed by atoms with E-state index in [4.69, 9.17) is 0 Å². The predicted octanol–water partition coefficient (Wildman–Crippen LogP) is 4.58. The highest BCUT2D eigenvalue weighted by Crippen LogP contribution is 2.24. The maximum absolute atomic E-state index is 12.5. The molecule has 0 bridgehead atoms. The molecule has 2 aromatic rings. The fraction of sp³-hybridized carbons (Fsp3) is 0.435. The molecule has 0 spiro atoms. The Labute approximate surface area is 163 Å². The highest BCUT2D eigenvalue weighted by atomic mass is 16.2. The number of piperidine rings is 1. The van der Waals surface area contributed by atoms with Crippen molar-refractivity contribution in [2.24, 2.45) is 11.8 Å². The first-order valence-electron chi connectivity index (χ1n) is 9.83. The Kier molecular flexibility index (Phi) is 6.17. The van der Waals surface area contributed by atoms with E-state index in [9.17, 15) is 4.79 Å². The molecule has 0 aliphatic carbocycles. The van der Waals surface area contributed by atoms with Crippen LogP contribution >= 0.6 is 0 Å². The number of anilines is 1. The van der Waals surface area contributed by atoms with Gasteiger partial charge in [0.25, 0.3) is 0 Å². The largest absolute Gasteiger partial charge is 0.335 e. The molecule has 1 heterocycles. The Morgan fingerprint density at radius 1 is 1.04 bits per heavy atom. The number of hydrogen-bond donors (Lipinski definition) is 2. The summed E-state index contributed by atoms with van der Waals surface area (Å²) in [5, 5.41) is 6.23. The Morgan fingerprint density at radius 3 is 2.33 bits per heavy atom. The molecule has 2 aromatic carbocycles. The quantitative estimate of drug-likeness (QED) is 0.833. The molecule has 1 saturated heterocycles. The van der Waals surface area contributed by atoms with Gasteiger partial charge in [0.2, 0.25) is 0 Å². The maximum Gasteiger partial charge on any atom is 0.319 e. The van der Waals surface area contributed by atoms with Crippen LogP contribution in [0.4, 0.5) is 10.5 Å². The lowest BCUT2D eigenvalue weighted by Gasteiger charge is -2.41. The fourth-order valence-corrected chi connectivity index (χ4v) is 4.20. The number of aryl methyl sites for hydroxylation is 2. The third-order valence-electron chi connectivity index (χ3n) is 5.50. The number of carbonyl (C=O) groups excluding carboxylic acids is 1. The molecule has 0 unspecified atom stereocenters. The smallest absolute Gasteiger partial charge is 0.319 e. The molecular formula is C23H31N3O. The lowest BCUT2D eigenvalue weighted by molar-refractivity contribution is 0.0994. The summed E-state index contributed by atoms with van der Waals surface area (Å²) in [6, 6.07) is 16.7. The van der Waals surface area contributed by atoms with Crippen molar-refractivity contribution in [3.63, 3.8) is 0 Å². The number of hydrogen-bond acceptors (Lipinski definition) is 2. The highest BCUT2D eigenvalue weighted by Gasteiger charge is 2.32. The van der Waals surface area contributed by atoms with E-state index >= 15 is 0 Å². The lowest BCUT2D eigenvalue weighted by atomic mass is 9.85. The van der Waals surface area contributed by atoms with Gasteiger partial charge in [0.15, 0.2) is 0 Å². The zero-order chi connectivity index (χ0) is 19.4. The van der Waals surface area contributed by atoms with Gasteiger partial charge in [0, 0.05) is 31.4 Å². The summed E-state index contributed by atoms with van der Waals surface area (Å²) >= 11 is 0. The molecule has 2 atom stereocenters. The van der Waals surface area contributed by atoms with E-state index in [1.807, 2.05) is 19.1 Å². The van der Waals surface area contributed by atoms with Crippen LogP contribution < -0.4 is 10.6 Å². The van der Waals surface area contributed by atoms with Crippen LogP contribution in [0.5, 0.6) is 0 Å². The molecule has 2 amide bonds. The van der Waals surface area contributed by atoms with Crippen molar-refractivity contribution in [1.29, 1.82) is 0 Å². The Balaban J connectivity index is 1.56. The fourth-order valence-electron chi connectivity index (χ4n) is 4.20. The van der Waals surface area contributed by atoms with Crippen molar-refractivity contribution in [2.45, 2.75) is 40.3 Å². The van der Waals surface area contributed by atoms with Gasteiger partial charge < -0.3 is 10.6 Å². The van der Waals surface area contributed by atoms with Crippen LogP contribution in [0.2, 0.25) is 0 Å². The molecule has 1 aliphatic rings. The molecule has 4 nitrogen and oxygen atoms in total. The summed E-state index contributed by atoms with van der Waals surface area (Å²) in [7, 11) is 0. The number of nitrogens with zero attached hydrogens (tertiary/aromatic N) is 1. The van der Waals surface area contributed by atoms with Crippen molar-refractivity contribution in [3.05, 3.63) is 65.2 Å². The minimum absolute atomic E-state index is 0.109. The summed E-state index contributed by atoms with van der Waals surface area (Å²) in [6.45, 7) is 11.5. The third kappa shape index (κ3) is 5.10. The number of likely N-dealkylation sites (tertiary alicyclic amines) is 1. The van der Waals surface area contributed by atoms with Gasteiger partial charge in [-0.15, -0.1) is 0 Å². The summed E-state index contributed by atoms with van der Waals surface area (Å²) in [5.41, 5.74) is 4.51.